The van der Waals surface area contributed by atoms with Crippen molar-refractivity contribution in [2.24, 2.45) is 0 Å². The van der Waals surface area contributed by atoms with Gasteiger partial charge in [0.1, 0.15) is 18.5 Å². The number of ketones is 4. The average molecular weight is 593 g/mol. The van der Waals surface area contributed by atoms with Crippen LogP contribution < -0.4 is 0 Å². The molecule has 1 saturated heterocycles. The molecule has 2 bridgehead atoms. The van der Waals surface area contributed by atoms with Crippen LogP contribution >= 0.6 is 0 Å². The van der Waals surface area contributed by atoms with Gasteiger partial charge in [0.25, 0.3) is 5.91 Å². The van der Waals surface area contributed by atoms with Gasteiger partial charge in [-0.1, -0.05) is 6.08 Å². The Morgan fingerprint density at radius 2 is 1.63 bits per heavy atom. The maximum Gasteiger partial charge on any atom is 0.333 e. The van der Waals surface area contributed by atoms with Gasteiger partial charge in [0.2, 0.25) is 5.78 Å². The molecule has 0 spiro atoms. The average Bonchev–Trinajstić information content (AvgIpc) is 2.98. The highest BCUT2D eigenvalue weighted by Gasteiger charge is 2.60. The third-order valence-electron chi connectivity index (χ3n) is 8.78. The van der Waals surface area contributed by atoms with E-state index in [0.29, 0.717) is 11.1 Å². The number of likely N-dealkylation sites (N-methyl/N-ethyl adjacent to an activating group) is 1. The fraction of sp³-hybridized carbons (Fsp3) is 0.419. The number of carbonyl (C=O) groups excluding carboxylic acids is 6. The number of hydrogen-bond donors (Lipinski definition) is 0. The van der Waals surface area contributed by atoms with Crippen LogP contribution in [-0.4, -0.2) is 104 Å². The summed E-state index contributed by atoms with van der Waals surface area (Å²) in [5, 5.41) is 0. The van der Waals surface area contributed by atoms with Gasteiger partial charge in [-0.25, -0.2) is 4.79 Å². The van der Waals surface area contributed by atoms with Crippen molar-refractivity contribution in [2.75, 3.05) is 35.0 Å². The summed E-state index contributed by atoms with van der Waals surface area (Å²) in [5.74, 6) is -3.91. The number of rotatable bonds is 6. The van der Waals surface area contributed by atoms with Crippen LogP contribution in [-0.2, 0) is 47.7 Å². The van der Waals surface area contributed by atoms with Gasteiger partial charge in [0, 0.05) is 46.2 Å². The molecule has 12 heteroatoms. The Hall–Kier alpha value is -4.42. The number of fused-ring (bicyclic) bond motifs is 5. The number of hydrogen-bond acceptors (Lipinski definition) is 11. The van der Waals surface area contributed by atoms with Crippen LogP contribution in [0.5, 0.6) is 0 Å². The predicted octanol–water partition coefficient (Wildman–Crippen LogP) is 1.04. The normalized spacial score (nSPS) is 27.8. The van der Waals surface area contributed by atoms with Gasteiger partial charge in [-0.3, -0.25) is 28.9 Å². The molecule has 43 heavy (non-hydrogen) atoms. The lowest BCUT2D eigenvalue weighted by Crippen LogP contribution is -2.69. The molecular weight excluding hydrogens is 560 g/mol. The fourth-order valence-corrected chi connectivity index (χ4v) is 6.52. The number of amides is 1. The van der Waals surface area contributed by atoms with Crippen molar-refractivity contribution in [3.8, 4) is 0 Å². The largest absolute Gasteiger partial charge is 0.498 e. The number of methoxy groups -OCH3 is 3. The van der Waals surface area contributed by atoms with E-state index in [0.717, 1.165) is 0 Å². The van der Waals surface area contributed by atoms with E-state index in [2.05, 4.69) is 0 Å². The van der Waals surface area contributed by atoms with Gasteiger partial charge in [0.05, 0.1) is 31.9 Å². The van der Waals surface area contributed by atoms with Crippen LogP contribution in [0, 0.1) is 0 Å². The van der Waals surface area contributed by atoms with Crippen molar-refractivity contribution < 1.29 is 47.7 Å². The molecule has 2 aliphatic carbocycles. The molecule has 0 aromatic carbocycles. The van der Waals surface area contributed by atoms with Crippen LogP contribution in [0.2, 0.25) is 0 Å². The number of ether oxygens (including phenoxy) is 4. The van der Waals surface area contributed by atoms with Gasteiger partial charge in [-0.2, -0.15) is 0 Å². The van der Waals surface area contributed by atoms with Crippen molar-refractivity contribution in [1.29, 1.82) is 0 Å². The van der Waals surface area contributed by atoms with Crippen molar-refractivity contribution in [1.82, 2.24) is 9.80 Å². The predicted molar refractivity (Wildman–Crippen MR) is 149 cm³/mol. The van der Waals surface area contributed by atoms with Crippen LogP contribution in [0.25, 0.3) is 0 Å². The molecule has 0 aromatic heterocycles. The molecule has 0 N–H and O–H groups in total. The molecule has 5 aliphatic rings. The zero-order chi connectivity index (χ0) is 31.7. The van der Waals surface area contributed by atoms with Gasteiger partial charge in [-0.15, -0.1) is 0 Å². The standard InChI is InChI=1S/C31H32N2O10/c1-9-12(2)31(39)43-11-17-18-15(23(34)13(3)28(41-7)29(18)42-8)10-16-21-19-20(24(35)14(4)27(40-6)26(19)37)25(36)22(32(21)5)30(38)33(16)17/h9-10,17,21-22,29H,11H2,1-8H3/b12-9-/t17-,21-,22-,29?/m0/s1. The van der Waals surface area contributed by atoms with Crippen LogP contribution in [0.4, 0.5) is 0 Å². The summed E-state index contributed by atoms with van der Waals surface area (Å²) in [4.78, 5) is 84.6. The lowest BCUT2D eigenvalue weighted by atomic mass is 9.71. The Morgan fingerprint density at radius 3 is 2.21 bits per heavy atom. The van der Waals surface area contributed by atoms with Gasteiger partial charge in [0.15, 0.2) is 29.2 Å². The highest BCUT2D eigenvalue weighted by Crippen LogP contribution is 2.47. The van der Waals surface area contributed by atoms with Crippen molar-refractivity contribution in [3.05, 3.63) is 68.4 Å². The van der Waals surface area contributed by atoms with E-state index in [1.807, 2.05) is 0 Å². The second kappa shape index (κ2) is 10.7. The maximum atomic E-state index is 14.3. The smallest absolute Gasteiger partial charge is 0.333 e. The number of allylic oxidation sites excluding steroid dienone is 6. The molecule has 0 saturated carbocycles. The molecule has 12 nitrogen and oxygen atoms in total. The van der Waals surface area contributed by atoms with E-state index < -0.39 is 65.8 Å². The summed E-state index contributed by atoms with van der Waals surface area (Å²) < 4.78 is 22.2. The molecule has 3 heterocycles. The summed E-state index contributed by atoms with van der Waals surface area (Å²) in [6.07, 6.45) is 2.13. The van der Waals surface area contributed by atoms with Crippen molar-refractivity contribution in [2.45, 2.75) is 51.9 Å². The number of esters is 1. The first-order chi connectivity index (χ1) is 20.4. The third-order valence-corrected chi connectivity index (χ3v) is 8.78. The Morgan fingerprint density at radius 1 is 0.953 bits per heavy atom. The van der Waals surface area contributed by atoms with Crippen LogP contribution in [0.1, 0.15) is 27.7 Å². The zero-order valence-electron chi connectivity index (χ0n) is 25.1. The highest BCUT2D eigenvalue weighted by atomic mass is 16.5. The first-order valence-electron chi connectivity index (χ1n) is 13.6. The molecule has 0 radical (unpaired) electrons. The van der Waals surface area contributed by atoms with Crippen LogP contribution in [0.3, 0.4) is 0 Å². The third kappa shape index (κ3) is 4.04. The van der Waals surface area contributed by atoms with E-state index in [9.17, 15) is 28.8 Å². The number of nitrogens with zero attached hydrogens (tertiary/aromatic N) is 2. The number of piperazine rings is 1. The molecule has 3 aliphatic heterocycles. The lowest BCUT2D eigenvalue weighted by molar-refractivity contribution is -0.152. The van der Waals surface area contributed by atoms with Crippen molar-refractivity contribution >= 4 is 35.0 Å². The van der Waals surface area contributed by atoms with Crippen LogP contribution in [0.15, 0.2) is 68.4 Å². The minimum atomic E-state index is -1.45. The molecule has 1 amide bonds. The quantitative estimate of drug-likeness (QED) is 0.143. The summed E-state index contributed by atoms with van der Waals surface area (Å²) in [6.45, 7) is 5.83. The summed E-state index contributed by atoms with van der Waals surface area (Å²) in [6, 6.07) is -3.63. The Balaban J connectivity index is 1.77. The second-order valence-electron chi connectivity index (χ2n) is 10.8. The topological polar surface area (TPSA) is 146 Å². The first kappa shape index (κ1) is 30.1. The molecule has 0 aromatic rings. The van der Waals surface area contributed by atoms with E-state index in [1.54, 1.807) is 26.8 Å². The SMILES string of the molecule is C/C=C(/C)C(=O)OC[C@H]1C2=C(C=C3[C@H]4C5=C(C(=O)C(C)=C(OC)C5=O)C(=O)[C@@H](C(=O)N31)N4C)C(=O)C(C)=C(OC)C2OC. The highest BCUT2D eigenvalue weighted by molar-refractivity contribution is 6.39. The van der Waals surface area contributed by atoms with Gasteiger partial charge in [-0.05, 0) is 40.8 Å². The minimum Gasteiger partial charge on any atom is -0.498 e. The molecular formula is C31H32N2O10. The fourth-order valence-electron chi connectivity index (χ4n) is 6.52. The molecule has 5 rings (SSSR count). The Kier molecular flexibility index (Phi) is 7.47. The number of carbonyl (C=O) groups is 6. The molecule has 1 fully saturated rings. The van der Waals surface area contributed by atoms with E-state index >= 15 is 0 Å². The van der Waals surface area contributed by atoms with E-state index in [4.69, 9.17) is 18.9 Å². The van der Waals surface area contributed by atoms with Crippen molar-refractivity contribution in [3.63, 3.8) is 0 Å². The summed E-state index contributed by atoms with van der Waals surface area (Å²) in [7, 11) is 5.57. The second-order valence-corrected chi connectivity index (χ2v) is 10.8. The number of Topliss-reactive ketones (excluding diaryl/α,β-unsaturated/α-hetero) is 4. The van der Waals surface area contributed by atoms with E-state index in [-0.39, 0.29) is 45.1 Å². The minimum absolute atomic E-state index is 0.0310. The molecule has 226 valence electrons. The monoisotopic (exact) mass is 592 g/mol. The molecule has 1 unspecified atom stereocenters. The van der Waals surface area contributed by atoms with Gasteiger partial charge >= 0.3 is 5.97 Å². The Bertz CT molecular complexity index is 1620. The summed E-state index contributed by atoms with van der Waals surface area (Å²) in [5.41, 5.74) is 0.726. The molecule has 4 atom stereocenters. The lowest BCUT2D eigenvalue weighted by Gasteiger charge is -2.53. The Labute approximate surface area is 247 Å². The summed E-state index contributed by atoms with van der Waals surface area (Å²) >= 11 is 0. The maximum absolute atomic E-state index is 14.3. The van der Waals surface area contributed by atoms with E-state index in [1.165, 1.54) is 51.2 Å². The zero-order valence-corrected chi connectivity index (χ0v) is 25.1. The van der Waals surface area contributed by atoms with Gasteiger partial charge < -0.3 is 23.8 Å². The first-order valence-corrected chi connectivity index (χ1v) is 13.6.